The van der Waals surface area contributed by atoms with E-state index in [2.05, 4.69) is 9.97 Å². The topological polar surface area (TPSA) is 76.7 Å². The fourth-order valence-electron chi connectivity index (χ4n) is 1.26. The van der Waals surface area contributed by atoms with E-state index < -0.39 is 0 Å². The highest BCUT2D eigenvalue weighted by atomic mass is 16.1. The van der Waals surface area contributed by atoms with Gasteiger partial charge in [0.15, 0.2) is 0 Å². The Morgan fingerprint density at radius 1 is 1.50 bits per heavy atom. The molecule has 0 aliphatic heterocycles. The molecule has 72 valence electrons. The van der Waals surface area contributed by atoms with Gasteiger partial charge in [-0.05, 0) is 6.07 Å². The maximum atomic E-state index is 10.8. The summed E-state index contributed by atoms with van der Waals surface area (Å²) in [5.41, 5.74) is 7.16. The Labute approximate surface area is 80.2 Å². The molecular weight excluding hydrogens is 180 g/mol. The first-order valence-corrected chi connectivity index (χ1v) is 4.21. The van der Waals surface area contributed by atoms with E-state index in [4.69, 9.17) is 5.73 Å². The number of rotatable bonds is 2. The zero-order valence-corrected chi connectivity index (χ0v) is 7.47. The first-order chi connectivity index (χ1) is 6.81. The molecule has 0 aliphatic rings. The van der Waals surface area contributed by atoms with Crippen LogP contribution in [-0.2, 0) is 6.54 Å². The lowest BCUT2D eigenvalue weighted by Crippen LogP contribution is -2.08. The van der Waals surface area contributed by atoms with Crippen LogP contribution in [0.25, 0.3) is 5.69 Å². The van der Waals surface area contributed by atoms with Crippen LogP contribution in [0.15, 0.2) is 35.6 Å². The zero-order chi connectivity index (χ0) is 9.97. The van der Waals surface area contributed by atoms with Crippen LogP contribution in [0.1, 0.15) is 5.69 Å². The number of nitrogens with two attached hydrogens (primary N) is 1. The average molecular weight is 190 g/mol. The molecule has 0 amide bonds. The highest BCUT2D eigenvalue weighted by molar-refractivity contribution is 5.29. The first kappa shape index (κ1) is 8.71. The van der Waals surface area contributed by atoms with Crippen molar-refractivity contribution in [3.63, 3.8) is 0 Å². The van der Waals surface area contributed by atoms with Crippen molar-refractivity contribution in [1.29, 1.82) is 0 Å². The SMILES string of the molecule is NCc1cncn1-c1ccc(=O)[nH]c1. The third kappa shape index (κ3) is 1.45. The van der Waals surface area contributed by atoms with Gasteiger partial charge < -0.3 is 15.3 Å². The maximum Gasteiger partial charge on any atom is 0.248 e. The second kappa shape index (κ2) is 3.47. The molecule has 0 bridgehead atoms. The van der Waals surface area contributed by atoms with E-state index in [1.807, 2.05) is 4.57 Å². The smallest absolute Gasteiger partial charge is 0.248 e. The van der Waals surface area contributed by atoms with Gasteiger partial charge in [0.1, 0.15) is 0 Å². The van der Waals surface area contributed by atoms with Gasteiger partial charge in [-0.1, -0.05) is 0 Å². The minimum atomic E-state index is -0.122. The molecule has 0 radical (unpaired) electrons. The van der Waals surface area contributed by atoms with Gasteiger partial charge in [0.25, 0.3) is 0 Å². The van der Waals surface area contributed by atoms with E-state index in [0.29, 0.717) is 6.54 Å². The molecule has 0 aliphatic carbocycles. The summed E-state index contributed by atoms with van der Waals surface area (Å²) in [5.74, 6) is 0. The van der Waals surface area contributed by atoms with Gasteiger partial charge in [0.05, 0.1) is 17.7 Å². The molecule has 14 heavy (non-hydrogen) atoms. The fraction of sp³-hybridized carbons (Fsp3) is 0.111. The summed E-state index contributed by atoms with van der Waals surface area (Å²) in [4.78, 5) is 17.4. The lowest BCUT2D eigenvalue weighted by Gasteiger charge is -2.04. The summed E-state index contributed by atoms with van der Waals surface area (Å²) in [5, 5.41) is 0. The highest BCUT2D eigenvalue weighted by Crippen LogP contribution is 2.07. The summed E-state index contributed by atoms with van der Waals surface area (Å²) < 4.78 is 1.83. The molecule has 0 atom stereocenters. The largest absolute Gasteiger partial charge is 0.327 e. The van der Waals surface area contributed by atoms with Crippen molar-refractivity contribution in [3.8, 4) is 5.69 Å². The summed E-state index contributed by atoms with van der Waals surface area (Å²) in [6, 6.07) is 3.19. The quantitative estimate of drug-likeness (QED) is 0.700. The first-order valence-electron chi connectivity index (χ1n) is 4.21. The van der Waals surface area contributed by atoms with Crippen LogP contribution in [0.3, 0.4) is 0 Å². The van der Waals surface area contributed by atoms with E-state index in [0.717, 1.165) is 11.4 Å². The number of hydrogen-bond donors (Lipinski definition) is 2. The molecule has 0 unspecified atom stereocenters. The van der Waals surface area contributed by atoms with Crippen molar-refractivity contribution in [2.45, 2.75) is 6.54 Å². The molecule has 0 saturated heterocycles. The van der Waals surface area contributed by atoms with Gasteiger partial charge in [0, 0.05) is 25.0 Å². The van der Waals surface area contributed by atoms with Crippen LogP contribution < -0.4 is 11.3 Å². The third-order valence-corrected chi connectivity index (χ3v) is 1.97. The number of aromatic amines is 1. The number of nitrogens with zero attached hydrogens (tertiary/aromatic N) is 2. The van der Waals surface area contributed by atoms with E-state index in [1.165, 1.54) is 6.07 Å². The Kier molecular flexibility index (Phi) is 2.16. The van der Waals surface area contributed by atoms with Crippen molar-refractivity contribution < 1.29 is 0 Å². The number of hydrogen-bond acceptors (Lipinski definition) is 3. The monoisotopic (exact) mass is 190 g/mol. The predicted molar refractivity (Wildman–Crippen MR) is 52.1 cm³/mol. The summed E-state index contributed by atoms with van der Waals surface area (Å²) in [6.07, 6.45) is 4.99. The minimum Gasteiger partial charge on any atom is -0.327 e. The second-order valence-corrected chi connectivity index (χ2v) is 2.87. The number of nitrogens with one attached hydrogen (secondary N) is 1. The number of H-pyrrole nitrogens is 1. The van der Waals surface area contributed by atoms with Crippen LogP contribution in [0.5, 0.6) is 0 Å². The van der Waals surface area contributed by atoms with Gasteiger partial charge in [-0.3, -0.25) is 4.79 Å². The number of aromatic nitrogens is 3. The molecule has 0 saturated carbocycles. The van der Waals surface area contributed by atoms with Crippen LogP contribution in [-0.4, -0.2) is 14.5 Å². The van der Waals surface area contributed by atoms with Gasteiger partial charge in [0.2, 0.25) is 5.56 Å². The molecular formula is C9H10N4O. The van der Waals surface area contributed by atoms with E-state index in [9.17, 15) is 4.79 Å². The van der Waals surface area contributed by atoms with E-state index in [1.54, 1.807) is 24.8 Å². The Bertz CT molecular complexity index is 465. The number of imidazole rings is 1. The van der Waals surface area contributed by atoms with Gasteiger partial charge in [-0.25, -0.2) is 4.98 Å². The summed E-state index contributed by atoms with van der Waals surface area (Å²) >= 11 is 0. The van der Waals surface area contributed by atoms with Crippen molar-refractivity contribution in [2.24, 2.45) is 5.73 Å². The Hall–Kier alpha value is -1.88. The molecule has 5 heteroatoms. The molecule has 5 nitrogen and oxygen atoms in total. The molecule has 2 aromatic heterocycles. The van der Waals surface area contributed by atoms with Crippen LogP contribution in [0, 0.1) is 0 Å². The van der Waals surface area contributed by atoms with Crippen molar-refractivity contribution in [2.75, 3.05) is 0 Å². The van der Waals surface area contributed by atoms with Gasteiger partial charge in [-0.15, -0.1) is 0 Å². The summed E-state index contributed by atoms with van der Waals surface area (Å²) in [7, 11) is 0. The normalized spacial score (nSPS) is 10.4. The Morgan fingerprint density at radius 3 is 3.00 bits per heavy atom. The fourth-order valence-corrected chi connectivity index (χ4v) is 1.26. The molecule has 0 fully saturated rings. The van der Waals surface area contributed by atoms with E-state index in [-0.39, 0.29) is 5.56 Å². The zero-order valence-electron chi connectivity index (χ0n) is 7.47. The van der Waals surface area contributed by atoms with Crippen LogP contribution >= 0.6 is 0 Å². The Balaban J connectivity index is 2.49. The standard InChI is InChI=1S/C9H10N4O/c10-3-8-4-11-6-13(8)7-1-2-9(14)12-5-7/h1-2,4-6H,3,10H2,(H,12,14). The predicted octanol–water partition coefficient (Wildman–Crippen LogP) is 0.0193. The van der Waals surface area contributed by atoms with Crippen LogP contribution in [0.2, 0.25) is 0 Å². The lowest BCUT2D eigenvalue weighted by molar-refractivity contribution is 0.903. The molecule has 2 aromatic rings. The second-order valence-electron chi connectivity index (χ2n) is 2.87. The van der Waals surface area contributed by atoms with Crippen molar-refractivity contribution >= 4 is 0 Å². The van der Waals surface area contributed by atoms with Gasteiger partial charge >= 0.3 is 0 Å². The Morgan fingerprint density at radius 2 is 2.36 bits per heavy atom. The highest BCUT2D eigenvalue weighted by Gasteiger charge is 2.01. The minimum absolute atomic E-state index is 0.122. The summed E-state index contributed by atoms with van der Waals surface area (Å²) in [6.45, 7) is 0.416. The molecule has 2 rings (SSSR count). The van der Waals surface area contributed by atoms with Crippen molar-refractivity contribution in [1.82, 2.24) is 14.5 Å². The number of pyridine rings is 1. The molecule has 2 heterocycles. The third-order valence-electron chi connectivity index (χ3n) is 1.97. The van der Waals surface area contributed by atoms with Crippen molar-refractivity contribution in [3.05, 3.63) is 46.9 Å². The average Bonchev–Trinajstić information content (AvgIpc) is 2.67. The molecule has 3 N–H and O–H groups in total. The van der Waals surface area contributed by atoms with E-state index >= 15 is 0 Å². The van der Waals surface area contributed by atoms with Gasteiger partial charge in [-0.2, -0.15) is 0 Å². The lowest BCUT2D eigenvalue weighted by atomic mass is 10.4. The maximum absolute atomic E-state index is 10.8. The molecule has 0 spiro atoms. The molecule has 0 aromatic carbocycles. The van der Waals surface area contributed by atoms with Crippen LogP contribution in [0.4, 0.5) is 0 Å².